The van der Waals surface area contributed by atoms with E-state index in [-0.39, 0.29) is 12.1 Å². The molecule has 9 nitrogen and oxygen atoms in total. The number of nitrogens with zero attached hydrogens (tertiary/aromatic N) is 3. The standard InChI is InChI=1S/C27H47N3O6/c31-25-28(16-10-4-1-7-13-22-19-34-22)26(32)30(18-12-6-3-9-15-24-21-36-24)27(33)29(25)17-11-5-2-8-14-23-20-35-23/h22-25,31H,1-21H2. The molecule has 3 unspecified atom stereocenters. The summed E-state index contributed by atoms with van der Waals surface area (Å²) in [6, 6.07) is -0.683. The molecule has 4 fully saturated rings. The maximum atomic E-state index is 13.2. The molecular formula is C27H47N3O6. The lowest BCUT2D eigenvalue weighted by Crippen LogP contribution is -2.66. The number of carbonyl (C=O) groups excluding carboxylic acids is 2. The van der Waals surface area contributed by atoms with Crippen LogP contribution < -0.4 is 0 Å². The number of urea groups is 2. The lowest BCUT2D eigenvalue weighted by Gasteiger charge is -2.44. The molecule has 0 aliphatic carbocycles. The zero-order valence-electron chi connectivity index (χ0n) is 22.0. The van der Waals surface area contributed by atoms with Gasteiger partial charge in [0, 0.05) is 19.6 Å². The van der Waals surface area contributed by atoms with Crippen molar-refractivity contribution in [3.8, 4) is 0 Å². The molecule has 0 aromatic carbocycles. The largest absolute Gasteiger partial charge is 0.373 e. The van der Waals surface area contributed by atoms with Crippen molar-refractivity contribution < 1.29 is 28.9 Å². The number of epoxide rings is 3. The van der Waals surface area contributed by atoms with Gasteiger partial charge < -0.3 is 19.3 Å². The van der Waals surface area contributed by atoms with Gasteiger partial charge in [-0.1, -0.05) is 57.8 Å². The summed E-state index contributed by atoms with van der Waals surface area (Å²) >= 11 is 0. The number of amides is 4. The average Bonchev–Trinajstić information content (AvgIpc) is 3.71. The molecule has 4 aliphatic rings. The molecule has 4 amide bonds. The van der Waals surface area contributed by atoms with Gasteiger partial charge in [-0.15, -0.1) is 0 Å². The van der Waals surface area contributed by atoms with E-state index in [9.17, 15) is 14.7 Å². The molecule has 36 heavy (non-hydrogen) atoms. The van der Waals surface area contributed by atoms with Crippen LogP contribution in [0.25, 0.3) is 0 Å². The smallest absolute Gasteiger partial charge is 0.331 e. The predicted octanol–water partition coefficient (Wildman–Crippen LogP) is 4.47. The van der Waals surface area contributed by atoms with Crippen LogP contribution in [-0.4, -0.2) is 96.0 Å². The fourth-order valence-electron chi connectivity index (χ4n) is 5.09. The van der Waals surface area contributed by atoms with Crippen molar-refractivity contribution in [2.45, 2.75) is 121 Å². The van der Waals surface area contributed by atoms with Crippen LogP contribution in [0, 0.1) is 0 Å². The SMILES string of the molecule is O=C1N(CCCCCCC2CO2)C(=O)N(CCCCCCC2CO2)C(O)N1CCCCCCC1CO1. The zero-order valence-corrected chi connectivity index (χ0v) is 22.0. The van der Waals surface area contributed by atoms with Crippen molar-refractivity contribution in [2.24, 2.45) is 0 Å². The minimum atomic E-state index is -1.17. The molecule has 0 aromatic heterocycles. The summed E-state index contributed by atoms with van der Waals surface area (Å²) in [7, 11) is 0. The zero-order chi connectivity index (χ0) is 25.2. The molecule has 4 heterocycles. The van der Waals surface area contributed by atoms with Gasteiger partial charge in [-0.05, 0) is 38.5 Å². The van der Waals surface area contributed by atoms with E-state index < -0.39 is 6.35 Å². The van der Waals surface area contributed by atoms with Crippen molar-refractivity contribution in [1.29, 1.82) is 0 Å². The first-order valence-electron chi connectivity index (χ1n) is 14.5. The quantitative estimate of drug-likeness (QED) is 0.181. The van der Waals surface area contributed by atoms with Gasteiger partial charge in [0.1, 0.15) is 0 Å². The summed E-state index contributed by atoms with van der Waals surface area (Å²) in [6.45, 7) is 4.07. The minimum Gasteiger partial charge on any atom is -0.373 e. The molecule has 0 aromatic rings. The number of hydrogen-bond acceptors (Lipinski definition) is 6. The monoisotopic (exact) mass is 509 g/mol. The van der Waals surface area contributed by atoms with Gasteiger partial charge >= 0.3 is 12.1 Å². The molecule has 4 aliphatic heterocycles. The molecule has 0 bridgehead atoms. The van der Waals surface area contributed by atoms with Gasteiger partial charge in [-0.2, -0.15) is 0 Å². The molecule has 4 rings (SSSR count). The van der Waals surface area contributed by atoms with E-state index in [1.54, 1.807) is 0 Å². The number of ether oxygens (including phenoxy) is 3. The van der Waals surface area contributed by atoms with Crippen LogP contribution in [0.1, 0.15) is 96.3 Å². The first kappa shape index (κ1) is 27.6. The first-order chi connectivity index (χ1) is 17.6. The number of aliphatic hydroxyl groups is 1. The lowest BCUT2D eigenvalue weighted by atomic mass is 10.1. The lowest BCUT2D eigenvalue weighted by molar-refractivity contribution is -0.0937. The van der Waals surface area contributed by atoms with Gasteiger partial charge in [0.25, 0.3) is 0 Å². The van der Waals surface area contributed by atoms with Crippen molar-refractivity contribution in [2.75, 3.05) is 39.5 Å². The number of carbonyl (C=O) groups is 2. The number of aliphatic hydroxyl groups excluding tert-OH is 1. The second-order valence-corrected chi connectivity index (χ2v) is 10.9. The molecule has 0 saturated carbocycles. The summed E-state index contributed by atoms with van der Waals surface area (Å²) in [4.78, 5) is 30.8. The Hall–Kier alpha value is -1.42. The molecule has 0 radical (unpaired) electrons. The molecule has 4 saturated heterocycles. The molecule has 9 heteroatoms. The highest BCUT2D eigenvalue weighted by atomic mass is 16.6. The third-order valence-corrected chi connectivity index (χ3v) is 7.73. The average molecular weight is 510 g/mol. The van der Waals surface area contributed by atoms with Crippen LogP contribution in [0.2, 0.25) is 0 Å². The summed E-state index contributed by atoms with van der Waals surface area (Å²) in [5, 5.41) is 11.0. The third-order valence-electron chi connectivity index (χ3n) is 7.73. The minimum absolute atomic E-state index is 0.342. The highest BCUT2D eigenvalue weighted by Crippen LogP contribution is 2.23. The Labute approximate surface area is 216 Å². The van der Waals surface area contributed by atoms with E-state index in [1.165, 1.54) is 14.7 Å². The second kappa shape index (κ2) is 14.5. The number of rotatable bonds is 21. The topological polar surface area (TPSA) is 102 Å². The van der Waals surface area contributed by atoms with Crippen LogP contribution in [0.4, 0.5) is 9.59 Å². The van der Waals surface area contributed by atoms with Crippen molar-refractivity contribution >= 4 is 12.1 Å². The Bertz CT molecular complexity index is 638. The third kappa shape index (κ3) is 9.47. The van der Waals surface area contributed by atoms with Gasteiger partial charge in [-0.3, -0.25) is 9.80 Å². The van der Waals surface area contributed by atoms with Crippen LogP contribution in [0.5, 0.6) is 0 Å². The van der Waals surface area contributed by atoms with Gasteiger partial charge in [0.05, 0.1) is 38.1 Å². The summed E-state index contributed by atoms with van der Waals surface area (Å²) in [6.07, 6.45) is 15.7. The maximum Gasteiger partial charge on any atom is 0.331 e. The maximum absolute atomic E-state index is 13.2. The Kier molecular flexibility index (Phi) is 11.1. The van der Waals surface area contributed by atoms with Gasteiger partial charge in [-0.25, -0.2) is 14.5 Å². The summed E-state index contributed by atoms with van der Waals surface area (Å²) in [5.74, 6) is 0. The predicted molar refractivity (Wildman–Crippen MR) is 135 cm³/mol. The first-order valence-corrected chi connectivity index (χ1v) is 14.5. The Balaban J connectivity index is 1.21. The summed E-state index contributed by atoms with van der Waals surface area (Å²) < 4.78 is 15.8. The van der Waals surface area contributed by atoms with Crippen molar-refractivity contribution in [1.82, 2.24) is 14.7 Å². The van der Waals surface area contributed by atoms with Crippen LogP contribution in [0.15, 0.2) is 0 Å². The van der Waals surface area contributed by atoms with E-state index in [1.807, 2.05) is 0 Å². The second-order valence-electron chi connectivity index (χ2n) is 10.9. The van der Waals surface area contributed by atoms with E-state index >= 15 is 0 Å². The fourth-order valence-corrected chi connectivity index (χ4v) is 5.09. The Morgan fingerprint density at radius 1 is 0.556 bits per heavy atom. The van der Waals surface area contributed by atoms with Crippen molar-refractivity contribution in [3.05, 3.63) is 0 Å². The summed E-state index contributed by atoms with van der Waals surface area (Å²) in [5.41, 5.74) is 0. The van der Waals surface area contributed by atoms with Crippen LogP contribution in [0.3, 0.4) is 0 Å². The van der Waals surface area contributed by atoms with E-state index in [4.69, 9.17) is 14.2 Å². The number of hydrogen-bond donors (Lipinski definition) is 1. The Morgan fingerprint density at radius 2 is 0.889 bits per heavy atom. The van der Waals surface area contributed by atoms with E-state index in [0.717, 1.165) is 116 Å². The van der Waals surface area contributed by atoms with E-state index in [0.29, 0.717) is 37.9 Å². The van der Waals surface area contributed by atoms with Gasteiger partial charge in [0.15, 0.2) is 0 Å². The highest BCUT2D eigenvalue weighted by Gasteiger charge is 2.42. The molecule has 206 valence electrons. The van der Waals surface area contributed by atoms with Gasteiger partial charge in [0.2, 0.25) is 6.35 Å². The molecule has 0 spiro atoms. The normalized spacial score (nSPS) is 27.2. The van der Waals surface area contributed by atoms with Crippen LogP contribution >= 0.6 is 0 Å². The van der Waals surface area contributed by atoms with Crippen molar-refractivity contribution in [3.63, 3.8) is 0 Å². The number of unbranched alkanes of at least 4 members (excludes halogenated alkanes) is 9. The molecule has 3 atom stereocenters. The fraction of sp³-hybridized carbons (Fsp3) is 0.926. The molecular weight excluding hydrogens is 462 g/mol. The highest BCUT2D eigenvalue weighted by molar-refractivity contribution is 5.95. The Morgan fingerprint density at radius 3 is 1.25 bits per heavy atom. The van der Waals surface area contributed by atoms with E-state index in [2.05, 4.69) is 0 Å². The van der Waals surface area contributed by atoms with Crippen LogP contribution in [-0.2, 0) is 14.2 Å². The number of imide groups is 1. The molecule has 1 N–H and O–H groups in total.